The van der Waals surface area contributed by atoms with Gasteiger partial charge in [-0.3, -0.25) is 4.79 Å². The van der Waals surface area contributed by atoms with Crippen molar-refractivity contribution in [3.63, 3.8) is 0 Å². The van der Waals surface area contributed by atoms with Crippen LogP contribution in [0.25, 0.3) is 0 Å². The molecule has 3 heteroatoms. The molecule has 0 atom stereocenters. The molecule has 1 nitrogen and oxygen atoms in total. The molecule has 0 spiro atoms. The van der Waals surface area contributed by atoms with Crippen LogP contribution in [0.3, 0.4) is 0 Å². The molecule has 2 rings (SSSR count). The van der Waals surface area contributed by atoms with Crippen LogP contribution >= 0.6 is 11.8 Å². The molecule has 2 aromatic rings. The van der Waals surface area contributed by atoms with E-state index < -0.39 is 0 Å². The van der Waals surface area contributed by atoms with Gasteiger partial charge in [0.15, 0.2) is 5.78 Å². The number of carbonyl (C=O) groups excluding carboxylic acids is 1. The zero-order valence-electron chi connectivity index (χ0n) is 9.31. The van der Waals surface area contributed by atoms with Crippen LogP contribution in [0.4, 0.5) is 4.39 Å². The Morgan fingerprint density at radius 1 is 1.06 bits per heavy atom. The molecule has 0 saturated carbocycles. The normalized spacial score (nSPS) is 10.2. The lowest BCUT2D eigenvalue weighted by molar-refractivity contribution is 0.101. The van der Waals surface area contributed by atoms with Gasteiger partial charge in [-0.1, -0.05) is 30.0 Å². The average Bonchev–Trinajstić information content (AvgIpc) is 2.32. The van der Waals surface area contributed by atoms with Crippen LogP contribution in [-0.4, -0.2) is 5.78 Å². The predicted octanol–water partition coefficient (Wildman–Crippen LogP) is 4.18. The van der Waals surface area contributed by atoms with E-state index in [0.717, 1.165) is 9.79 Å². The molecular weight excluding hydrogens is 235 g/mol. The van der Waals surface area contributed by atoms with Crippen LogP contribution in [0.15, 0.2) is 58.3 Å². The van der Waals surface area contributed by atoms with Gasteiger partial charge in [-0.05, 0) is 37.3 Å². The van der Waals surface area contributed by atoms with Gasteiger partial charge in [0.2, 0.25) is 0 Å². The molecule has 0 N–H and O–H groups in total. The van der Waals surface area contributed by atoms with Crippen LogP contribution in [0.1, 0.15) is 17.3 Å². The first kappa shape index (κ1) is 11.9. The molecular formula is C14H11FOS. The summed E-state index contributed by atoms with van der Waals surface area (Å²) < 4.78 is 12.8. The predicted molar refractivity (Wildman–Crippen MR) is 67.0 cm³/mol. The van der Waals surface area contributed by atoms with Crippen molar-refractivity contribution in [2.75, 3.05) is 0 Å². The molecule has 0 bridgehead atoms. The van der Waals surface area contributed by atoms with E-state index in [-0.39, 0.29) is 11.6 Å². The summed E-state index contributed by atoms with van der Waals surface area (Å²) in [6.45, 7) is 1.55. The van der Waals surface area contributed by atoms with Gasteiger partial charge in [0.25, 0.3) is 0 Å². The first-order chi connectivity index (χ1) is 8.16. The van der Waals surface area contributed by atoms with Crippen molar-refractivity contribution < 1.29 is 9.18 Å². The first-order valence-corrected chi connectivity index (χ1v) is 6.02. The molecule has 0 radical (unpaired) electrons. The summed E-state index contributed by atoms with van der Waals surface area (Å²) in [5.41, 5.74) is 0.696. The molecule has 0 amide bonds. The second-order valence-corrected chi connectivity index (χ2v) is 4.72. The van der Waals surface area contributed by atoms with E-state index in [4.69, 9.17) is 0 Å². The molecule has 0 aromatic heterocycles. The summed E-state index contributed by atoms with van der Waals surface area (Å²) in [4.78, 5) is 13.2. The van der Waals surface area contributed by atoms with E-state index in [1.807, 2.05) is 18.2 Å². The summed E-state index contributed by atoms with van der Waals surface area (Å²) in [5, 5.41) is 0. The molecule has 0 saturated heterocycles. The maximum absolute atomic E-state index is 12.8. The van der Waals surface area contributed by atoms with Gasteiger partial charge in [0, 0.05) is 15.4 Å². The molecule has 0 unspecified atom stereocenters. The van der Waals surface area contributed by atoms with Crippen LogP contribution in [-0.2, 0) is 0 Å². The number of hydrogen-bond donors (Lipinski definition) is 0. The van der Waals surface area contributed by atoms with Crippen LogP contribution in [0.5, 0.6) is 0 Å². The number of ketones is 1. The summed E-state index contributed by atoms with van der Waals surface area (Å²) in [5.74, 6) is -0.218. The lowest BCUT2D eigenvalue weighted by Gasteiger charge is -2.06. The van der Waals surface area contributed by atoms with Gasteiger partial charge < -0.3 is 0 Å². The molecule has 0 aliphatic rings. The fourth-order valence-corrected chi connectivity index (χ4v) is 2.47. The number of hydrogen-bond acceptors (Lipinski definition) is 2. The average molecular weight is 246 g/mol. The lowest BCUT2D eigenvalue weighted by Crippen LogP contribution is -1.94. The Bertz CT molecular complexity index is 534. The molecule has 0 heterocycles. The zero-order valence-corrected chi connectivity index (χ0v) is 10.1. The van der Waals surface area contributed by atoms with E-state index in [0.29, 0.717) is 5.56 Å². The lowest BCUT2D eigenvalue weighted by atomic mass is 10.1. The van der Waals surface area contributed by atoms with E-state index in [1.165, 1.54) is 23.9 Å². The van der Waals surface area contributed by atoms with Gasteiger partial charge >= 0.3 is 0 Å². The molecule has 0 aliphatic carbocycles. The highest BCUT2D eigenvalue weighted by Gasteiger charge is 2.07. The number of rotatable bonds is 3. The van der Waals surface area contributed by atoms with Gasteiger partial charge in [-0.15, -0.1) is 0 Å². The third kappa shape index (κ3) is 2.94. The second kappa shape index (κ2) is 5.15. The molecule has 17 heavy (non-hydrogen) atoms. The Labute approximate surface area is 104 Å². The van der Waals surface area contributed by atoms with Crippen molar-refractivity contribution in [2.24, 2.45) is 0 Å². The quantitative estimate of drug-likeness (QED) is 0.756. The molecule has 0 aliphatic heterocycles. The largest absolute Gasteiger partial charge is 0.294 e. The molecule has 0 fully saturated rings. The van der Waals surface area contributed by atoms with Crippen LogP contribution < -0.4 is 0 Å². The first-order valence-electron chi connectivity index (χ1n) is 5.20. The maximum Gasteiger partial charge on any atom is 0.160 e. The van der Waals surface area contributed by atoms with E-state index >= 15 is 0 Å². The van der Waals surface area contributed by atoms with E-state index in [9.17, 15) is 9.18 Å². The van der Waals surface area contributed by atoms with Crippen LogP contribution in [0.2, 0.25) is 0 Å². The standard InChI is InChI=1S/C14H11FOS/c1-10(16)13-4-2-3-5-14(13)17-12-8-6-11(15)7-9-12/h2-9H,1H3. The SMILES string of the molecule is CC(=O)c1ccccc1Sc1ccc(F)cc1. The minimum atomic E-state index is -0.255. The highest BCUT2D eigenvalue weighted by atomic mass is 32.2. The highest BCUT2D eigenvalue weighted by Crippen LogP contribution is 2.30. The fraction of sp³-hybridized carbons (Fsp3) is 0.0714. The second-order valence-electron chi connectivity index (χ2n) is 3.61. The number of carbonyl (C=O) groups is 1. The Hall–Kier alpha value is -1.61. The van der Waals surface area contributed by atoms with Crippen molar-refractivity contribution in [1.29, 1.82) is 0 Å². The fourth-order valence-electron chi connectivity index (χ4n) is 1.48. The molecule has 86 valence electrons. The van der Waals surface area contributed by atoms with Gasteiger partial charge in [-0.25, -0.2) is 4.39 Å². The van der Waals surface area contributed by atoms with Crippen molar-refractivity contribution in [3.8, 4) is 0 Å². The molecule has 2 aromatic carbocycles. The summed E-state index contributed by atoms with van der Waals surface area (Å²) >= 11 is 1.46. The smallest absolute Gasteiger partial charge is 0.160 e. The third-order valence-electron chi connectivity index (χ3n) is 2.31. The summed E-state index contributed by atoms with van der Waals surface area (Å²) in [6.07, 6.45) is 0. The Morgan fingerprint density at radius 2 is 1.71 bits per heavy atom. The minimum absolute atomic E-state index is 0.0372. The van der Waals surface area contributed by atoms with Crippen molar-refractivity contribution >= 4 is 17.5 Å². The Morgan fingerprint density at radius 3 is 2.35 bits per heavy atom. The van der Waals surface area contributed by atoms with Crippen molar-refractivity contribution in [1.82, 2.24) is 0 Å². The third-order valence-corrected chi connectivity index (χ3v) is 3.39. The minimum Gasteiger partial charge on any atom is -0.294 e. The van der Waals surface area contributed by atoms with Crippen molar-refractivity contribution in [2.45, 2.75) is 16.7 Å². The topological polar surface area (TPSA) is 17.1 Å². The highest BCUT2D eigenvalue weighted by molar-refractivity contribution is 7.99. The Kier molecular flexibility index (Phi) is 3.59. The monoisotopic (exact) mass is 246 g/mol. The Balaban J connectivity index is 2.30. The van der Waals surface area contributed by atoms with Gasteiger partial charge in [0.1, 0.15) is 5.82 Å². The van der Waals surface area contributed by atoms with E-state index in [1.54, 1.807) is 25.1 Å². The zero-order chi connectivity index (χ0) is 12.3. The summed E-state index contributed by atoms with van der Waals surface area (Å²) in [7, 11) is 0. The van der Waals surface area contributed by atoms with Gasteiger partial charge in [0.05, 0.1) is 0 Å². The number of halogens is 1. The maximum atomic E-state index is 12.8. The van der Waals surface area contributed by atoms with Gasteiger partial charge in [-0.2, -0.15) is 0 Å². The number of Topliss-reactive ketones (excluding diaryl/α,β-unsaturated/α-hetero) is 1. The van der Waals surface area contributed by atoms with Crippen LogP contribution in [0, 0.1) is 5.82 Å². The number of benzene rings is 2. The van der Waals surface area contributed by atoms with Crippen molar-refractivity contribution in [3.05, 3.63) is 59.9 Å². The summed E-state index contributed by atoms with van der Waals surface area (Å²) in [6, 6.07) is 13.7. The van der Waals surface area contributed by atoms with E-state index in [2.05, 4.69) is 0 Å².